The Morgan fingerprint density at radius 2 is 0.870 bits per heavy atom. The van der Waals surface area contributed by atoms with Gasteiger partial charge < -0.3 is 28.5 Å². The van der Waals surface area contributed by atoms with Gasteiger partial charge in [-0.15, -0.1) is 11.6 Å². The van der Waals surface area contributed by atoms with Gasteiger partial charge in [0.2, 0.25) is 0 Å². The number of hydrogen-bond acceptors (Lipinski definition) is 0. The van der Waals surface area contributed by atoms with Crippen LogP contribution in [0.2, 0.25) is 0 Å². The summed E-state index contributed by atoms with van der Waals surface area (Å²) < 4.78 is 1.31. The molecule has 0 saturated heterocycles. The predicted molar refractivity (Wildman–Crippen MR) is 103 cm³/mol. The van der Waals surface area contributed by atoms with Gasteiger partial charge in [-0.2, -0.15) is 0 Å². The molecule has 1 nitrogen and oxygen atoms in total. The second kappa shape index (κ2) is 19.3. The van der Waals surface area contributed by atoms with Gasteiger partial charge in [-0.1, -0.05) is 59.3 Å². The largest absolute Gasteiger partial charge is 1.00 e. The van der Waals surface area contributed by atoms with Gasteiger partial charge in [0.05, 0.1) is 32.1 Å². The normalized spacial score (nSPS) is 11.5. The van der Waals surface area contributed by atoms with Crippen LogP contribution >= 0.6 is 11.6 Å². The van der Waals surface area contributed by atoms with E-state index in [1.165, 1.54) is 108 Å². The standard InChI is InChI=1S/C20H43ClN.HI/c1-4-7-10-13-17-22(20-16-21,18-14-11-8-5-2)19-15-12-9-6-3;/h4-20H2,1-3H3;1H/q+1;/p-1. The third-order valence-corrected chi connectivity index (χ3v) is 5.19. The van der Waals surface area contributed by atoms with Crippen molar-refractivity contribution in [1.82, 2.24) is 0 Å². The van der Waals surface area contributed by atoms with Crippen molar-refractivity contribution in [3.8, 4) is 0 Å². The molecule has 0 fully saturated rings. The molecule has 0 saturated carbocycles. The van der Waals surface area contributed by atoms with Crippen LogP contribution in [0.25, 0.3) is 0 Å². The van der Waals surface area contributed by atoms with Gasteiger partial charge in [-0.25, -0.2) is 0 Å². The molecule has 0 atom stereocenters. The van der Waals surface area contributed by atoms with E-state index in [2.05, 4.69) is 20.8 Å². The number of unbranched alkanes of at least 4 members (excludes halogenated alkanes) is 9. The summed E-state index contributed by atoms with van der Waals surface area (Å²) in [5, 5.41) is 0. The molecule has 0 aromatic rings. The van der Waals surface area contributed by atoms with Crippen LogP contribution in [0, 0.1) is 0 Å². The molecule has 0 unspecified atom stereocenters. The zero-order chi connectivity index (χ0) is 16.5. The fraction of sp³-hybridized carbons (Fsp3) is 1.00. The summed E-state index contributed by atoms with van der Waals surface area (Å²) in [4.78, 5) is 0. The summed E-state index contributed by atoms with van der Waals surface area (Å²) in [6.45, 7) is 12.2. The first-order valence-corrected chi connectivity index (χ1v) is 10.7. The Bertz CT molecular complexity index is 192. The van der Waals surface area contributed by atoms with Crippen molar-refractivity contribution in [3.63, 3.8) is 0 Å². The van der Waals surface area contributed by atoms with Crippen LogP contribution in [0.3, 0.4) is 0 Å². The lowest BCUT2D eigenvalue weighted by molar-refractivity contribution is -0.926. The summed E-state index contributed by atoms with van der Waals surface area (Å²) >= 11 is 6.19. The van der Waals surface area contributed by atoms with Crippen molar-refractivity contribution < 1.29 is 28.5 Å². The summed E-state index contributed by atoms with van der Waals surface area (Å²) in [6, 6.07) is 0. The van der Waals surface area contributed by atoms with Gasteiger partial charge in [0.15, 0.2) is 0 Å². The third kappa shape index (κ3) is 15.0. The van der Waals surface area contributed by atoms with Gasteiger partial charge in [-0.3, -0.25) is 0 Å². The van der Waals surface area contributed by atoms with Gasteiger partial charge in [0, 0.05) is 0 Å². The topological polar surface area (TPSA) is 0 Å². The highest BCUT2D eigenvalue weighted by molar-refractivity contribution is 6.17. The lowest BCUT2D eigenvalue weighted by Gasteiger charge is -2.39. The zero-order valence-corrected chi connectivity index (χ0v) is 19.1. The van der Waals surface area contributed by atoms with E-state index >= 15 is 0 Å². The first-order valence-electron chi connectivity index (χ1n) is 10.2. The van der Waals surface area contributed by atoms with E-state index in [4.69, 9.17) is 11.6 Å². The number of rotatable bonds is 17. The van der Waals surface area contributed by atoms with Crippen LogP contribution in [0.15, 0.2) is 0 Å². The molecule has 0 aliphatic carbocycles. The van der Waals surface area contributed by atoms with E-state index in [-0.39, 0.29) is 24.0 Å². The maximum atomic E-state index is 6.19. The van der Waals surface area contributed by atoms with Crippen LogP contribution in [0.5, 0.6) is 0 Å². The van der Waals surface area contributed by atoms with E-state index < -0.39 is 0 Å². The Morgan fingerprint density at radius 1 is 0.522 bits per heavy atom. The van der Waals surface area contributed by atoms with Crippen molar-refractivity contribution in [1.29, 1.82) is 0 Å². The van der Waals surface area contributed by atoms with Crippen LogP contribution in [-0.2, 0) is 0 Å². The fourth-order valence-corrected chi connectivity index (χ4v) is 3.83. The van der Waals surface area contributed by atoms with Gasteiger partial charge in [0.25, 0.3) is 0 Å². The van der Waals surface area contributed by atoms with Gasteiger partial charge >= 0.3 is 0 Å². The lowest BCUT2D eigenvalue weighted by Crippen LogP contribution is -3.00. The number of quaternary nitrogens is 1. The van der Waals surface area contributed by atoms with Crippen LogP contribution in [0.1, 0.15) is 97.8 Å². The molecular formula is C20H43ClIN. The van der Waals surface area contributed by atoms with E-state index in [1.807, 2.05) is 0 Å². The maximum absolute atomic E-state index is 6.19. The van der Waals surface area contributed by atoms with Gasteiger partial charge in [0.1, 0.15) is 0 Å². The Balaban J connectivity index is 0. The highest BCUT2D eigenvalue weighted by Crippen LogP contribution is 2.17. The Hall–Kier alpha value is 0.980. The van der Waals surface area contributed by atoms with Crippen LogP contribution in [-0.4, -0.2) is 36.5 Å². The molecule has 142 valence electrons. The average molecular weight is 460 g/mol. The first kappa shape index (κ1) is 26.2. The summed E-state index contributed by atoms with van der Waals surface area (Å²) in [7, 11) is 0. The Morgan fingerprint density at radius 3 is 1.13 bits per heavy atom. The highest BCUT2D eigenvalue weighted by atomic mass is 127. The van der Waals surface area contributed by atoms with Crippen molar-refractivity contribution in [2.75, 3.05) is 32.1 Å². The summed E-state index contributed by atoms with van der Waals surface area (Å²) in [5.74, 6) is 0.829. The van der Waals surface area contributed by atoms with E-state index in [0.29, 0.717) is 0 Å². The molecule has 0 amide bonds. The van der Waals surface area contributed by atoms with Crippen molar-refractivity contribution >= 4 is 11.6 Å². The Labute approximate surface area is 169 Å². The molecule has 0 aliphatic heterocycles. The monoisotopic (exact) mass is 459 g/mol. The molecule has 0 aromatic carbocycles. The second-order valence-electron chi connectivity index (χ2n) is 7.11. The maximum Gasteiger partial charge on any atom is 0.0924 e. The van der Waals surface area contributed by atoms with E-state index in [1.54, 1.807) is 0 Å². The number of halogens is 2. The molecule has 0 aromatic heterocycles. The predicted octanol–water partition coefficient (Wildman–Crippen LogP) is 3.79. The second-order valence-corrected chi connectivity index (χ2v) is 7.48. The van der Waals surface area contributed by atoms with Gasteiger partial charge in [-0.05, 0) is 38.5 Å². The minimum atomic E-state index is 0. The first-order chi connectivity index (χ1) is 10.7. The average Bonchev–Trinajstić information content (AvgIpc) is 2.53. The molecule has 0 heterocycles. The smallest absolute Gasteiger partial charge is 0.0924 e. The molecule has 0 N–H and O–H groups in total. The minimum Gasteiger partial charge on any atom is -1.00 e. The summed E-state index contributed by atoms with van der Waals surface area (Å²) in [5.41, 5.74) is 0. The number of nitrogens with zero attached hydrogens (tertiary/aromatic N) is 1. The molecule has 0 spiro atoms. The highest BCUT2D eigenvalue weighted by Gasteiger charge is 2.25. The molecule has 0 radical (unpaired) electrons. The van der Waals surface area contributed by atoms with Crippen LogP contribution < -0.4 is 24.0 Å². The Kier molecular flexibility index (Phi) is 22.0. The summed E-state index contributed by atoms with van der Waals surface area (Å²) in [6.07, 6.45) is 16.6. The quantitative estimate of drug-likeness (QED) is 0.134. The molecule has 0 aliphatic rings. The number of hydrogen-bond donors (Lipinski definition) is 0. The minimum absolute atomic E-state index is 0. The zero-order valence-electron chi connectivity index (χ0n) is 16.2. The molecular weight excluding hydrogens is 417 g/mol. The van der Waals surface area contributed by atoms with E-state index in [0.717, 1.165) is 5.88 Å². The van der Waals surface area contributed by atoms with E-state index in [9.17, 15) is 0 Å². The molecule has 23 heavy (non-hydrogen) atoms. The van der Waals surface area contributed by atoms with Crippen LogP contribution in [0.4, 0.5) is 0 Å². The molecule has 0 bridgehead atoms. The fourth-order valence-electron chi connectivity index (χ4n) is 3.47. The molecule has 3 heteroatoms. The van der Waals surface area contributed by atoms with Crippen molar-refractivity contribution in [3.05, 3.63) is 0 Å². The SMILES string of the molecule is CCCCCC[N+](CCCl)(CCCCCC)CCCCCC.[I-]. The number of alkyl halides is 1. The lowest BCUT2D eigenvalue weighted by atomic mass is 10.1. The third-order valence-electron chi connectivity index (χ3n) is 5.02. The molecule has 0 rings (SSSR count). The van der Waals surface area contributed by atoms with Crippen molar-refractivity contribution in [2.24, 2.45) is 0 Å². The van der Waals surface area contributed by atoms with Crippen molar-refractivity contribution in [2.45, 2.75) is 97.8 Å².